The first kappa shape index (κ1) is 19.9. The van der Waals surface area contributed by atoms with Crippen molar-refractivity contribution in [3.63, 3.8) is 0 Å². The molecule has 0 amide bonds. The number of rotatable bonds is 7. The fourth-order valence-corrected chi connectivity index (χ4v) is 3.84. The van der Waals surface area contributed by atoms with Crippen LogP contribution in [0.4, 0.5) is 11.5 Å². The Bertz CT molecular complexity index is 1090. The van der Waals surface area contributed by atoms with Crippen LogP contribution in [0.15, 0.2) is 76.3 Å². The van der Waals surface area contributed by atoms with Crippen molar-refractivity contribution in [1.82, 2.24) is 19.3 Å². The fraction of sp³-hybridized carbons (Fsp3) is 0.143. The Kier molecular flexibility index (Phi) is 6.46. The molecule has 2 heterocycles. The zero-order valence-electron chi connectivity index (χ0n) is 15.5. The molecule has 0 fully saturated rings. The fourth-order valence-electron chi connectivity index (χ4n) is 2.86. The van der Waals surface area contributed by atoms with E-state index >= 15 is 0 Å². The first-order chi connectivity index (χ1) is 14.2. The van der Waals surface area contributed by atoms with E-state index in [-0.39, 0.29) is 6.61 Å². The molecule has 1 aromatic carbocycles. The lowest BCUT2D eigenvalue weighted by atomic mass is 10.1. The SMILES string of the molecule is OCCNSc1ccc(Nc2cc(C3=CC=CCC=C3)nc3c(Br)cnn23)cc1. The number of hydrogen-bond acceptors (Lipinski definition) is 6. The number of hydrogen-bond donors (Lipinski definition) is 3. The molecule has 0 bridgehead atoms. The van der Waals surface area contributed by atoms with Crippen molar-refractivity contribution in [2.75, 3.05) is 18.5 Å². The number of benzene rings is 1. The van der Waals surface area contributed by atoms with Gasteiger partial charge in [-0.05, 0) is 58.6 Å². The second kappa shape index (κ2) is 9.41. The molecule has 2 aromatic heterocycles. The van der Waals surface area contributed by atoms with Gasteiger partial charge in [-0.15, -0.1) is 0 Å². The molecule has 0 aliphatic heterocycles. The highest BCUT2D eigenvalue weighted by Crippen LogP contribution is 2.27. The van der Waals surface area contributed by atoms with E-state index in [9.17, 15) is 0 Å². The molecule has 0 radical (unpaired) electrons. The molecule has 4 rings (SSSR count). The molecule has 6 nitrogen and oxygen atoms in total. The number of nitrogens with zero attached hydrogens (tertiary/aromatic N) is 3. The van der Waals surface area contributed by atoms with Gasteiger partial charge in [-0.1, -0.05) is 30.4 Å². The summed E-state index contributed by atoms with van der Waals surface area (Å²) in [7, 11) is 0. The molecule has 148 valence electrons. The van der Waals surface area contributed by atoms with E-state index in [1.165, 1.54) is 11.9 Å². The molecule has 0 saturated heterocycles. The van der Waals surface area contributed by atoms with E-state index in [0.29, 0.717) is 6.54 Å². The van der Waals surface area contributed by atoms with Gasteiger partial charge in [-0.2, -0.15) is 9.61 Å². The largest absolute Gasteiger partial charge is 0.395 e. The first-order valence-corrected chi connectivity index (χ1v) is 10.8. The third-order valence-electron chi connectivity index (χ3n) is 4.24. The van der Waals surface area contributed by atoms with Gasteiger partial charge in [0.25, 0.3) is 0 Å². The summed E-state index contributed by atoms with van der Waals surface area (Å²) in [5.74, 6) is 0.831. The van der Waals surface area contributed by atoms with Gasteiger partial charge in [-0.25, -0.2) is 4.98 Å². The Morgan fingerprint density at radius 1 is 1.21 bits per heavy atom. The van der Waals surface area contributed by atoms with E-state index < -0.39 is 0 Å². The minimum absolute atomic E-state index is 0.119. The van der Waals surface area contributed by atoms with Crippen molar-refractivity contribution in [1.29, 1.82) is 0 Å². The summed E-state index contributed by atoms with van der Waals surface area (Å²) in [5.41, 5.74) is 3.64. The van der Waals surface area contributed by atoms with Gasteiger partial charge in [0, 0.05) is 28.8 Å². The maximum atomic E-state index is 8.86. The van der Waals surface area contributed by atoms with Crippen LogP contribution in [0.1, 0.15) is 12.1 Å². The van der Waals surface area contributed by atoms with E-state index in [2.05, 4.69) is 61.4 Å². The minimum Gasteiger partial charge on any atom is -0.395 e. The summed E-state index contributed by atoms with van der Waals surface area (Å²) in [4.78, 5) is 5.86. The average Bonchev–Trinajstić information content (AvgIpc) is 2.94. The number of anilines is 2. The quantitative estimate of drug-likeness (QED) is 0.343. The van der Waals surface area contributed by atoms with Crippen molar-refractivity contribution in [3.8, 4) is 0 Å². The highest BCUT2D eigenvalue weighted by Gasteiger charge is 2.12. The number of fused-ring (bicyclic) bond motifs is 1. The van der Waals surface area contributed by atoms with Crippen LogP contribution < -0.4 is 10.0 Å². The van der Waals surface area contributed by atoms with Crippen molar-refractivity contribution in [2.24, 2.45) is 0 Å². The molecule has 0 saturated carbocycles. The Hall–Kier alpha value is -2.39. The van der Waals surface area contributed by atoms with Crippen LogP contribution in [0.5, 0.6) is 0 Å². The van der Waals surface area contributed by atoms with Crippen LogP contribution in [0.3, 0.4) is 0 Å². The van der Waals surface area contributed by atoms with Crippen molar-refractivity contribution >= 4 is 50.6 Å². The zero-order chi connectivity index (χ0) is 20.1. The van der Waals surface area contributed by atoms with Crippen molar-refractivity contribution in [2.45, 2.75) is 11.3 Å². The molecule has 3 aromatic rings. The smallest absolute Gasteiger partial charge is 0.172 e. The molecule has 0 atom stereocenters. The van der Waals surface area contributed by atoms with Crippen molar-refractivity contribution < 1.29 is 5.11 Å². The minimum atomic E-state index is 0.119. The molecule has 0 spiro atoms. The second-order valence-corrected chi connectivity index (χ2v) is 8.13. The molecule has 1 aliphatic carbocycles. The molecule has 1 aliphatic rings. The number of aromatic nitrogens is 3. The number of allylic oxidation sites excluding steroid dienone is 6. The molecule has 3 N–H and O–H groups in total. The van der Waals surface area contributed by atoms with Crippen LogP contribution in [0.2, 0.25) is 0 Å². The predicted octanol–water partition coefficient (Wildman–Crippen LogP) is 4.72. The Morgan fingerprint density at radius 3 is 2.90 bits per heavy atom. The van der Waals surface area contributed by atoms with Crippen LogP contribution in [0, 0.1) is 0 Å². The normalized spacial score (nSPS) is 13.5. The number of halogens is 1. The molecule has 0 unspecified atom stereocenters. The summed E-state index contributed by atoms with van der Waals surface area (Å²) in [6, 6.07) is 10.1. The van der Waals surface area contributed by atoms with Gasteiger partial charge in [0.15, 0.2) is 5.65 Å². The third kappa shape index (κ3) is 4.79. The van der Waals surface area contributed by atoms with Crippen LogP contribution >= 0.6 is 27.9 Å². The maximum absolute atomic E-state index is 8.86. The lowest BCUT2D eigenvalue weighted by Crippen LogP contribution is -2.08. The highest BCUT2D eigenvalue weighted by atomic mass is 79.9. The van der Waals surface area contributed by atoms with Gasteiger partial charge in [0.2, 0.25) is 0 Å². The number of aliphatic hydroxyl groups excluding tert-OH is 1. The van der Waals surface area contributed by atoms with E-state index in [0.717, 1.165) is 44.2 Å². The second-order valence-electron chi connectivity index (χ2n) is 6.31. The van der Waals surface area contributed by atoms with Crippen LogP contribution in [-0.4, -0.2) is 32.9 Å². The van der Waals surface area contributed by atoms with Gasteiger partial charge in [-0.3, -0.25) is 4.72 Å². The summed E-state index contributed by atoms with van der Waals surface area (Å²) in [6.07, 6.45) is 13.1. The van der Waals surface area contributed by atoms with Gasteiger partial charge in [0.1, 0.15) is 5.82 Å². The molecular weight excluding hydrogens is 450 g/mol. The lowest BCUT2D eigenvalue weighted by molar-refractivity contribution is 0.302. The monoisotopic (exact) mass is 469 g/mol. The predicted molar refractivity (Wildman–Crippen MR) is 122 cm³/mol. The molecule has 8 heteroatoms. The van der Waals surface area contributed by atoms with E-state index in [1.54, 1.807) is 10.7 Å². The van der Waals surface area contributed by atoms with E-state index in [4.69, 9.17) is 10.1 Å². The Labute approximate surface area is 181 Å². The average molecular weight is 470 g/mol. The Morgan fingerprint density at radius 2 is 2.07 bits per heavy atom. The first-order valence-electron chi connectivity index (χ1n) is 9.20. The summed E-state index contributed by atoms with van der Waals surface area (Å²) < 4.78 is 5.73. The number of nitrogens with one attached hydrogen (secondary N) is 2. The Balaban J connectivity index is 1.64. The van der Waals surface area contributed by atoms with Gasteiger partial charge >= 0.3 is 0 Å². The molecular formula is C21H20BrN5OS. The third-order valence-corrected chi connectivity index (χ3v) is 5.65. The van der Waals surface area contributed by atoms with Gasteiger partial charge in [0.05, 0.1) is 23.0 Å². The van der Waals surface area contributed by atoms with Gasteiger partial charge < -0.3 is 10.4 Å². The van der Waals surface area contributed by atoms with E-state index in [1.807, 2.05) is 30.3 Å². The summed E-state index contributed by atoms with van der Waals surface area (Å²) in [6.45, 7) is 0.671. The molecule has 29 heavy (non-hydrogen) atoms. The lowest BCUT2D eigenvalue weighted by Gasteiger charge is -2.12. The standard InChI is InChI=1S/C21H20BrN5OS/c22-18-14-23-27-20(25-16-7-9-17(10-8-16)29-24-11-12-28)13-19(26-21(18)27)15-5-3-1-2-4-6-15/h1,3-10,13-14,24-25,28H,2,11-12H2. The maximum Gasteiger partial charge on any atom is 0.172 e. The topological polar surface area (TPSA) is 74.5 Å². The van der Waals surface area contributed by atoms with Crippen molar-refractivity contribution in [3.05, 3.63) is 77.1 Å². The summed E-state index contributed by atoms with van der Waals surface area (Å²) >= 11 is 5.04. The van der Waals surface area contributed by atoms with Crippen LogP contribution in [0.25, 0.3) is 11.2 Å². The highest BCUT2D eigenvalue weighted by molar-refractivity contribution is 9.10. The zero-order valence-corrected chi connectivity index (χ0v) is 17.9. The van der Waals surface area contributed by atoms with Crippen LogP contribution in [-0.2, 0) is 0 Å². The summed E-state index contributed by atoms with van der Waals surface area (Å²) in [5, 5.41) is 16.8. The number of aliphatic hydroxyl groups is 1.